The maximum Gasteiger partial charge on any atom is 0.262 e. The van der Waals surface area contributed by atoms with Crippen molar-refractivity contribution in [1.29, 1.82) is 0 Å². The average molecular weight is 319 g/mol. The minimum atomic E-state index is -0.151. The summed E-state index contributed by atoms with van der Waals surface area (Å²) in [7, 11) is 0. The highest BCUT2D eigenvalue weighted by atomic mass is 16.5. The van der Waals surface area contributed by atoms with Crippen molar-refractivity contribution in [1.82, 2.24) is 0 Å². The number of carbonyl (C=O) groups excluding carboxylic acids is 2. The van der Waals surface area contributed by atoms with Crippen molar-refractivity contribution in [2.75, 3.05) is 11.9 Å². The minimum Gasteiger partial charge on any atom is -0.482 e. The first kappa shape index (κ1) is 14.7. The molecule has 0 spiro atoms. The Bertz CT molecular complexity index is 867. The van der Waals surface area contributed by atoms with Crippen molar-refractivity contribution in [3.63, 3.8) is 0 Å². The highest BCUT2D eigenvalue weighted by Crippen LogP contribution is 2.29. The summed E-state index contributed by atoms with van der Waals surface area (Å²) in [4.78, 5) is 24.0. The molecule has 0 atom stereocenters. The van der Waals surface area contributed by atoms with Crippen molar-refractivity contribution < 1.29 is 14.3 Å². The van der Waals surface area contributed by atoms with Crippen LogP contribution in [-0.2, 0) is 17.6 Å². The van der Waals surface area contributed by atoms with E-state index in [2.05, 4.69) is 17.5 Å². The molecule has 0 fully saturated rings. The molecule has 2 aliphatic rings. The third-order valence-corrected chi connectivity index (χ3v) is 4.44. The van der Waals surface area contributed by atoms with Crippen LogP contribution >= 0.6 is 0 Å². The van der Waals surface area contributed by atoms with E-state index < -0.39 is 0 Å². The standard InChI is InChI=1S/C20H17NO3/c22-18(16-6-2-4-14-3-1-5-15(14)16)9-7-13-8-10-19-17(11-13)21-20(23)12-24-19/h1-2,4-6,8,10-11H,3,7,9,12H2,(H,21,23). The predicted octanol–water partition coefficient (Wildman–Crippen LogP) is 3.40. The molecule has 2 aromatic rings. The molecule has 4 heteroatoms. The Morgan fingerprint density at radius 2 is 2.12 bits per heavy atom. The predicted molar refractivity (Wildman–Crippen MR) is 92.4 cm³/mol. The van der Waals surface area contributed by atoms with Gasteiger partial charge in [0.05, 0.1) is 5.69 Å². The number of hydrogen-bond donors (Lipinski definition) is 1. The molecule has 1 aliphatic carbocycles. The van der Waals surface area contributed by atoms with Gasteiger partial charge in [0.25, 0.3) is 5.91 Å². The van der Waals surface area contributed by atoms with Gasteiger partial charge in [-0.15, -0.1) is 0 Å². The smallest absolute Gasteiger partial charge is 0.262 e. The Morgan fingerprint density at radius 1 is 1.21 bits per heavy atom. The van der Waals surface area contributed by atoms with Gasteiger partial charge < -0.3 is 10.1 Å². The number of carbonyl (C=O) groups is 2. The Morgan fingerprint density at radius 3 is 3.04 bits per heavy atom. The molecule has 2 aromatic carbocycles. The number of Topliss-reactive ketones (excluding diaryl/α,β-unsaturated/α-hetero) is 1. The summed E-state index contributed by atoms with van der Waals surface area (Å²) in [6.07, 6.45) is 6.11. The quantitative estimate of drug-likeness (QED) is 0.879. The maximum atomic E-state index is 12.6. The third-order valence-electron chi connectivity index (χ3n) is 4.44. The van der Waals surface area contributed by atoms with Crippen molar-refractivity contribution in [2.24, 2.45) is 0 Å². The molecule has 24 heavy (non-hydrogen) atoms. The van der Waals surface area contributed by atoms with E-state index in [1.807, 2.05) is 36.4 Å². The van der Waals surface area contributed by atoms with E-state index in [0.29, 0.717) is 24.3 Å². The Kier molecular flexibility index (Phi) is 3.65. The average Bonchev–Trinajstić information content (AvgIpc) is 3.08. The van der Waals surface area contributed by atoms with Gasteiger partial charge in [-0.1, -0.05) is 36.4 Å². The lowest BCUT2D eigenvalue weighted by atomic mass is 9.96. The molecule has 0 radical (unpaired) electrons. The van der Waals surface area contributed by atoms with E-state index in [1.165, 1.54) is 5.56 Å². The van der Waals surface area contributed by atoms with Crippen LogP contribution < -0.4 is 10.1 Å². The second-order valence-corrected chi connectivity index (χ2v) is 6.08. The monoisotopic (exact) mass is 319 g/mol. The molecule has 4 nitrogen and oxygen atoms in total. The molecule has 0 unspecified atom stereocenters. The fourth-order valence-electron chi connectivity index (χ4n) is 3.21. The van der Waals surface area contributed by atoms with Crippen LogP contribution in [0.25, 0.3) is 6.08 Å². The van der Waals surface area contributed by atoms with E-state index >= 15 is 0 Å². The Labute approximate surface area is 140 Å². The van der Waals surface area contributed by atoms with E-state index in [-0.39, 0.29) is 18.3 Å². The number of allylic oxidation sites excluding steroid dienone is 1. The maximum absolute atomic E-state index is 12.6. The first-order valence-electron chi connectivity index (χ1n) is 8.08. The molecule has 1 amide bonds. The van der Waals surface area contributed by atoms with Gasteiger partial charge in [-0.25, -0.2) is 0 Å². The highest BCUT2D eigenvalue weighted by Gasteiger charge is 2.18. The first-order chi connectivity index (χ1) is 11.7. The molecular formula is C20H17NO3. The minimum absolute atomic E-state index is 0.0530. The van der Waals surface area contributed by atoms with Crippen molar-refractivity contribution >= 4 is 23.5 Å². The number of anilines is 1. The number of ether oxygens (including phenoxy) is 1. The van der Waals surface area contributed by atoms with Crippen LogP contribution in [0, 0.1) is 0 Å². The molecule has 0 saturated heterocycles. The van der Waals surface area contributed by atoms with Gasteiger partial charge >= 0.3 is 0 Å². The summed E-state index contributed by atoms with van der Waals surface area (Å²) in [5, 5.41) is 2.80. The van der Waals surface area contributed by atoms with E-state index in [0.717, 1.165) is 23.1 Å². The molecule has 120 valence electrons. The van der Waals surface area contributed by atoms with Crippen LogP contribution in [0.1, 0.15) is 33.5 Å². The molecule has 0 aromatic heterocycles. The zero-order valence-electron chi connectivity index (χ0n) is 13.2. The van der Waals surface area contributed by atoms with Gasteiger partial charge in [0.15, 0.2) is 12.4 Å². The summed E-state index contributed by atoms with van der Waals surface area (Å²) in [5.74, 6) is 0.675. The fraction of sp³-hybridized carbons (Fsp3) is 0.200. The van der Waals surface area contributed by atoms with Gasteiger partial charge in [-0.05, 0) is 41.7 Å². The number of aryl methyl sites for hydroxylation is 1. The van der Waals surface area contributed by atoms with Crippen molar-refractivity contribution in [3.05, 3.63) is 64.7 Å². The van der Waals surface area contributed by atoms with E-state index in [1.54, 1.807) is 0 Å². The van der Waals surface area contributed by atoms with Crippen LogP contribution in [0.2, 0.25) is 0 Å². The number of fused-ring (bicyclic) bond motifs is 2. The number of hydrogen-bond acceptors (Lipinski definition) is 3. The van der Waals surface area contributed by atoms with Gasteiger partial charge in [0.1, 0.15) is 5.75 Å². The van der Waals surface area contributed by atoms with Crippen LogP contribution in [0.4, 0.5) is 5.69 Å². The first-order valence-corrected chi connectivity index (χ1v) is 8.08. The largest absolute Gasteiger partial charge is 0.482 e. The molecule has 1 heterocycles. The Hall–Kier alpha value is -2.88. The zero-order chi connectivity index (χ0) is 16.5. The van der Waals surface area contributed by atoms with Crippen LogP contribution in [-0.4, -0.2) is 18.3 Å². The van der Waals surface area contributed by atoms with E-state index in [4.69, 9.17) is 4.74 Å². The summed E-state index contributed by atoms with van der Waals surface area (Å²) in [6.45, 7) is 0.0530. The number of rotatable bonds is 4. The summed E-state index contributed by atoms with van der Waals surface area (Å²) < 4.78 is 5.35. The number of benzene rings is 2. The van der Waals surface area contributed by atoms with Crippen molar-refractivity contribution in [3.8, 4) is 5.75 Å². The van der Waals surface area contributed by atoms with Gasteiger partial charge in [-0.3, -0.25) is 9.59 Å². The number of nitrogens with one attached hydrogen (secondary N) is 1. The normalized spacial score (nSPS) is 14.6. The third kappa shape index (κ3) is 2.71. The van der Waals surface area contributed by atoms with Crippen molar-refractivity contribution in [2.45, 2.75) is 19.3 Å². The zero-order valence-corrected chi connectivity index (χ0v) is 13.2. The molecule has 0 bridgehead atoms. The second-order valence-electron chi connectivity index (χ2n) is 6.08. The second kappa shape index (κ2) is 5.96. The Balaban J connectivity index is 1.49. The van der Waals surface area contributed by atoms with E-state index in [9.17, 15) is 9.59 Å². The summed E-state index contributed by atoms with van der Waals surface area (Å²) in [5.41, 5.74) is 4.77. The number of amides is 1. The molecule has 4 rings (SSSR count). The number of ketones is 1. The lowest BCUT2D eigenvalue weighted by Gasteiger charge is -2.18. The highest BCUT2D eigenvalue weighted by molar-refractivity contribution is 6.00. The SMILES string of the molecule is O=C1COc2ccc(CCC(=O)c3cccc4c3C=CC4)cc2N1. The lowest BCUT2D eigenvalue weighted by Crippen LogP contribution is -2.25. The fourth-order valence-corrected chi connectivity index (χ4v) is 3.21. The van der Waals surface area contributed by atoms with Crippen LogP contribution in [0.15, 0.2) is 42.5 Å². The summed E-state index contributed by atoms with van der Waals surface area (Å²) >= 11 is 0. The molecule has 1 aliphatic heterocycles. The van der Waals surface area contributed by atoms with Gasteiger partial charge in [-0.2, -0.15) is 0 Å². The van der Waals surface area contributed by atoms with Gasteiger partial charge in [0, 0.05) is 12.0 Å². The molecule has 1 N–H and O–H groups in total. The molecular weight excluding hydrogens is 302 g/mol. The molecule has 0 saturated carbocycles. The van der Waals surface area contributed by atoms with Gasteiger partial charge in [0.2, 0.25) is 0 Å². The topological polar surface area (TPSA) is 55.4 Å². The van der Waals surface area contributed by atoms with Crippen LogP contribution in [0.3, 0.4) is 0 Å². The van der Waals surface area contributed by atoms with Crippen LogP contribution in [0.5, 0.6) is 5.75 Å². The summed E-state index contributed by atoms with van der Waals surface area (Å²) in [6, 6.07) is 11.6. The lowest BCUT2D eigenvalue weighted by molar-refractivity contribution is -0.118.